The summed E-state index contributed by atoms with van der Waals surface area (Å²) >= 11 is 12.4. The Balaban J connectivity index is 2.17. The molecular formula is C14H10Br2ClFO. The summed E-state index contributed by atoms with van der Waals surface area (Å²) in [5, 5.41) is 10.7. The number of benzene rings is 2. The second kappa shape index (κ2) is 6.35. The lowest BCUT2D eigenvalue weighted by molar-refractivity contribution is 0.178. The van der Waals surface area contributed by atoms with E-state index in [0.29, 0.717) is 15.9 Å². The molecule has 0 saturated carbocycles. The van der Waals surface area contributed by atoms with Crippen LogP contribution in [0, 0.1) is 5.82 Å². The third-order valence-corrected chi connectivity index (χ3v) is 4.58. The van der Waals surface area contributed by atoms with Crippen LogP contribution in [0.25, 0.3) is 0 Å². The molecule has 0 aliphatic carbocycles. The number of aliphatic hydroxyl groups is 1. The Labute approximate surface area is 132 Å². The maximum Gasteiger partial charge on any atom is 0.137 e. The Hall–Kier alpha value is -0.420. The Morgan fingerprint density at radius 1 is 1.11 bits per heavy atom. The summed E-state index contributed by atoms with van der Waals surface area (Å²) < 4.78 is 14.3. The molecule has 0 aliphatic rings. The monoisotopic (exact) mass is 406 g/mol. The fourth-order valence-electron chi connectivity index (χ4n) is 1.73. The number of halogens is 4. The normalized spacial score (nSPS) is 12.5. The molecule has 2 rings (SSSR count). The van der Waals surface area contributed by atoms with Gasteiger partial charge in [-0.15, -0.1) is 0 Å². The summed E-state index contributed by atoms with van der Waals surface area (Å²) in [6, 6.07) is 10.0. The van der Waals surface area contributed by atoms with Crippen LogP contribution in [-0.2, 0) is 6.42 Å². The van der Waals surface area contributed by atoms with Crippen molar-refractivity contribution in [2.75, 3.05) is 0 Å². The Morgan fingerprint density at radius 3 is 2.47 bits per heavy atom. The standard InChI is InChI=1S/C14H10Br2ClFO/c15-10-3-2-9(7-12(10)17)14(19)6-8-1-4-13(18)11(16)5-8/h1-5,7,14,19H,6H2. The van der Waals surface area contributed by atoms with E-state index in [4.69, 9.17) is 11.6 Å². The summed E-state index contributed by atoms with van der Waals surface area (Å²) in [4.78, 5) is 0. The molecule has 0 spiro atoms. The zero-order valence-electron chi connectivity index (χ0n) is 9.71. The Kier molecular flexibility index (Phi) is 5.01. The first-order valence-electron chi connectivity index (χ1n) is 5.54. The molecule has 100 valence electrons. The summed E-state index contributed by atoms with van der Waals surface area (Å²) in [5.74, 6) is -0.315. The molecule has 0 aliphatic heterocycles. The van der Waals surface area contributed by atoms with Crippen molar-refractivity contribution in [1.29, 1.82) is 0 Å². The molecule has 0 radical (unpaired) electrons. The van der Waals surface area contributed by atoms with E-state index in [1.54, 1.807) is 30.3 Å². The van der Waals surface area contributed by atoms with E-state index in [2.05, 4.69) is 31.9 Å². The third kappa shape index (κ3) is 3.78. The van der Waals surface area contributed by atoms with Gasteiger partial charge < -0.3 is 5.11 Å². The predicted octanol–water partition coefficient (Wildman–Crippen LogP) is 5.28. The van der Waals surface area contributed by atoms with Gasteiger partial charge in [-0.2, -0.15) is 0 Å². The average Bonchev–Trinajstić information content (AvgIpc) is 2.37. The minimum absolute atomic E-state index is 0.315. The van der Waals surface area contributed by atoms with Crippen molar-refractivity contribution in [3.63, 3.8) is 0 Å². The second-order valence-corrected chi connectivity index (χ2v) is 6.26. The van der Waals surface area contributed by atoms with Crippen LogP contribution in [0.5, 0.6) is 0 Å². The molecule has 0 heterocycles. The van der Waals surface area contributed by atoms with E-state index in [9.17, 15) is 9.50 Å². The topological polar surface area (TPSA) is 20.2 Å². The third-order valence-electron chi connectivity index (χ3n) is 2.74. The fourth-order valence-corrected chi connectivity index (χ4v) is 2.59. The highest BCUT2D eigenvalue weighted by Crippen LogP contribution is 2.28. The van der Waals surface area contributed by atoms with Gasteiger partial charge in [-0.1, -0.05) is 23.7 Å². The minimum atomic E-state index is -0.678. The van der Waals surface area contributed by atoms with Gasteiger partial charge in [0, 0.05) is 10.9 Å². The Morgan fingerprint density at radius 2 is 1.84 bits per heavy atom. The van der Waals surface area contributed by atoms with E-state index in [1.807, 2.05) is 0 Å². The Bertz CT molecular complexity index is 604. The van der Waals surface area contributed by atoms with Gasteiger partial charge in [-0.05, 0) is 67.3 Å². The van der Waals surface area contributed by atoms with Crippen molar-refractivity contribution in [2.24, 2.45) is 0 Å². The van der Waals surface area contributed by atoms with Crippen molar-refractivity contribution in [1.82, 2.24) is 0 Å². The maximum absolute atomic E-state index is 13.1. The molecule has 1 unspecified atom stereocenters. The molecule has 5 heteroatoms. The SMILES string of the molecule is OC(Cc1ccc(F)c(Br)c1)c1ccc(Br)c(Cl)c1. The van der Waals surface area contributed by atoms with Gasteiger partial charge in [0.05, 0.1) is 15.6 Å². The van der Waals surface area contributed by atoms with Gasteiger partial charge in [-0.25, -0.2) is 4.39 Å². The molecular weight excluding hydrogens is 398 g/mol. The number of hydrogen-bond acceptors (Lipinski definition) is 1. The maximum atomic E-state index is 13.1. The van der Waals surface area contributed by atoms with Crippen LogP contribution in [0.4, 0.5) is 4.39 Å². The number of rotatable bonds is 3. The number of hydrogen-bond donors (Lipinski definition) is 1. The molecule has 0 fully saturated rings. The summed E-state index contributed by atoms with van der Waals surface area (Å²) in [5.41, 5.74) is 1.58. The van der Waals surface area contributed by atoms with Crippen molar-refractivity contribution >= 4 is 43.5 Å². The lowest BCUT2D eigenvalue weighted by Crippen LogP contribution is -2.02. The van der Waals surface area contributed by atoms with Crippen LogP contribution in [0.1, 0.15) is 17.2 Å². The highest BCUT2D eigenvalue weighted by Gasteiger charge is 2.11. The fraction of sp³-hybridized carbons (Fsp3) is 0.143. The second-order valence-electron chi connectivity index (χ2n) is 4.14. The zero-order valence-corrected chi connectivity index (χ0v) is 13.6. The lowest BCUT2D eigenvalue weighted by Gasteiger charge is -2.12. The van der Waals surface area contributed by atoms with Gasteiger partial charge in [0.25, 0.3) is 0 Å². The van der Waals surface area contributed by atoms with E-state index in [0.717, 1.165) is 15.6 Å². The quantitative estimate of drug-likeness (QED) is 0.733. The molecule has 2 aromatic rings. The van der Waals surface area contributed by atoms with Crippen molar-refractivity contribution < 1.29 is 9.50 Å². The van der Waals surface area contributed by atoms with Crippen LogP contribution < -0.4 is 0 Å². The molecule has 0 saturated heterocycles. The first kappa shape index (κ1) is 15.0. The van der Waals surface area contributed by atoms with Gasteiger partial charge >= 0.3 is 0 Å². The van der Waals surface area contributed by atoms with Crippen LogP contribution in [0.15, 0.2) is 45.3 Å². The molecule has 2 aromatic carbocycles. The van der Waals surface area contributed by atoms with Crippen LogP contribution >= 0.6 is 43.5 Å². The van der Waals surface area contributed by atoms with Gasteiger partial charge in [0.15, 0.2) is 0 Å². The largest absolute Gasteiger partial charge is 0.388 e. The molecule has 0 bridgehead atoms. The van der Waals surface area contributed by atoms with Gasteiger partial charge in [0.1, 0.15) is 5.82 Å². The lowest BCUT2D eigenvalue weighted by atomic mass is 10.0. The number of aliphatic hydroxyl groups excluding tert-OH is 1. The molecule has 1 atom stereocenters. The van der Waals surface area contributed by atoms with Crippen molar-refractivity contribution in [2.45, 2.75) is 12.5 Å². The van der Waals surface area contributed by atoms with E-state index < -0.39 is 6.10 Å². The van der Waals surface area contributed by atoms with Gasteiger partial charge in [-0.3, -0.25) is 0 Å². The first-order chi connectivity index (χ1) is 8.97. The highest BCUT2D eigenvalue weighted by atomic mass is 79.9. The average molecular weight is 408 g/mol. The first-order valence-corrected chi connectivity index (χ1v) is 7.50. The van der Waals surface area contributed by atoms with E-state index >= 15 is 0 Å². The van der Waals surface area contributed by atoms with Gasteiger partial charge in [0.2, 0.25) is 0 Å². The van der Waals surface area contributed by atoms with Crippen LogP contribution in [-0.4, -0.2) is 5.11 Å². The zero-order chi connectivity index (χ0) is 14.0. The van der Waals surface area contributed by atoms with Crippen LogP contribution in [0.2, 0.25) is 5.02 Å². The van der Waals surface area contributed by atoms with E-state index in [-0.39, 0.29) is 5.82 Å². The smallest absolute Gasteiger partial charge is 0.137 e. The summed E-state index contributed by atoms with van der Waals surface area (Å²) in [6.45, 7) is 0. The summed E-state index contributed by atoms with van der Waals surface area (Å²) in [6.07, 6.45) is -0.278. The highest BCUT2D eigenvalue weighted by molar-refractivity contribution is 9.10. The van der Waals surface area contributed by atoms with Crippen molar-refractivity contribution in [3.8, 4) is 0 Å². The van der Waals surface area contributed by atoms with Crippen LogP contribution in [0.3, 0.4) is 0 Å². The van der Waals surface area contributed by atoms with Crippen molar-refractivity contribution in [3.05, 3.63) is 67.3 Å². The van der Waals surface area contributed by atoms with E-state index in [1.165, 1.54) is 6.07 Å². The predicted molar refractivity (Wildman–Crippen MR) is 81.9 cm³/mol. The minimum Gasteiger partial charge on any atom is -0.388 e. The molecule has 1 N–H and O–H groups in total. The summed E-state index contributed by atoms with van der Waals surface area (Å²) in [7, 11) is 0. The molecule has 1 nitrogen and oxygen atoms in total. The molecule has 0 amide bonds. The molecule has 19 heavy (non-hydrogen) atoms. The molecule has 0 aromatic heterocycles.